The van der Waals surface area contributed by atoms with Gasteiger partial charge >= 0.3 is 0 Å². The number of aromatic nitrogens is 6. The van der Waals surface area contributed by atoms with Gasteiger partial charge in [0, 0.05) is 119 Å². The number of aliphatic imine (C=N–C) groups is 3. The Bertz CT molecular complexity index is 3290. The topological polar surface area (TPSA) is 114 Å². The highest BCUT2D eigenvalue weighted by Gasteiger charge is 2.21. The summed E-state index contributed by atoms with van der Waals surface area (Å²) in [6.45, 7) is 66.3. The molecule has 104 heavy (non-hydrogen) atoms. The molecule has 5 aromatic heterocycles. The Balaban J connectivity index is 0.000000578. The Labute approximate surface area is 634 Å². The maximum atomic E-state index is 4.34. The molecule has 16 rings (SSSR count). The van der Waals surface area contributed by atoms with E-state index in [0.717, 1.165) is 28.5 Å². The van der Waals surface area contributed by atoms with Crippen molar-refractivity contribution in [2.45, 2.75) is 269 Å². The van der Waals surface area contributed by atoms with Crippen molar-refractivity contribution in [2.24, 2.45) is 15.0 Å². The van der Waals surface area contributed by atoms with Gasteiger partial charge < -0.3 is 0 Å². The van der Waals surface area contributed by atoms with Crippen LogP contribution in [0.2, 0.25) is 0 Å². The quantitative estimate of drug-likeness (QED) is 0.149. The number of allylic oxidation sites excluding steroid dienone is 5. The molecule has 0 spiro atoms. The molecule has 0 N–H and O–H groups in total. The largest absolute Gasteiger partial charge is 0.285 e. The highest BCUT2D eigenvalue weighted by atomic mass is 14.8. The molecule has 0 amide bonds. The molecule has 8 heterocycles. The average molecular weight is 1400 g/mol. The van der Waals surface area contributed by atoms with Crippen LogP contribution in [0.25, 0.3) is 30.4 Å². The van der Waals surface area contributed by atoms with Gasteiger partial charge in [-0.2, -0.15) is 0 Å². The van der Waals surface area contributed by atoms with Gasteiger partial charge in [-0.05, 0) is 189 Å². The predicted molar refractivity (Wildman–Crippen MR) is 463 cm³/mol. The number of hydrogen-bond donors (Lipinski definition) is 0. The third-order valence-corrected chi connectivity index (χ3v) is 17.7. The van der Waals surface area contributed by atoms with Crippen LogP contribution in [-0.4, -0.2) is 48.5 Å². The minimum atomic E-state index is 0.304. The second-order valence-corrected chi connectivity index (χ2v) is 24.3. The van der Waals surface area contributed by atoms with Crippen molar-refractivity contribution >= 4 is 54.7 Å². The first kappa shape index (κ1) is 93.1. The number of aryl methyl sites for hydroxylation is 8. The minimum Gasteiger partial charge on any atom is -0.285 e. The van der Waals surface area contributed by atoms with Gasteiger partial charge in [0.15, 0.2) is 0 Å². The highest BCUT2D eigenvalue weighted by molar-refractivity contribution is 5.86. The molecule has 5 aliphatic carbocycles. The number of pyridine rings is 4. The normalized spacial score (nSPS) is 17.7. The second-order valence-electron chi connectivity index (χ2n) is 24.3. The molecule has 0 radical (unpaired) electrons. The fourth-order valence-electron chi connectivity index (χ4n) is 13.2. The van der Waals surface area contributed by atoms with Gasteiger partial charge in [0.25, 0.3) is 0 Å². The monoisotopic (exact) mass is 1400 g/mol. The Morgan fingerprint density at radius 2 is 0.663 bits per heavy atom. The van der Waals surface area contributed by atoms with E-state index in [4.69, 9.17) is 0 Å². The SMILES string of the molecule is CC.CC.CC.CC.CC.CC.CC.CC.Cc1cccc2c1C(C)C=C2.Cc1cccc2c1C(C)C=N2.Cc1cccc2c1C(C)N=C2.Cc1ccnc2c1C(C)C=C2.Cc1cncc2c1C(C)C=C2.Cc1nccc2c1C(C)C=C2.Cc1nccc2c1C(C)N=C2.Cc1ncnc2c1C(C)C=C2. The van der Waals surface area contributed by atoms with Crippen LogP contribution in [0, 0.1) is 55.4 Å². The van der Waals surface area contributed by atoms with Crippen molar-refractivity contribution in [1.82, 2.24) is 29.9 Å². The zero-order valence-electron chi connectivity index (χ0n) is 70.5. The van der Waals surface area contributed by atoms with Crippen LogP contribution in [0.5, 0.6) is 0 Å². The highest BCUT2D eigenvalue weighted by Crippen LogP contribution is 2.37. The lowest BCUT2D eigenvalue weighted by Crippen LogP contribution is -1.96. The lowest BCUT2D eigenvalue weighted by Gasteiger charge is -2.07. The van der Waals surface area contributed by atoms with E-state index in [9.17, 15) is 0 Å². The summed E-state index contributed by atoms with van der Waals surface area (Å²) in [6, 6.07) is 25.9. The summed E-state index contributed by atoms with van der Waals surface area (Å²) in [5.41, 5.74) is 31.2. The van der Waals surface area contributed by atoms with Crippen molar-refractivity contribution < 1.29 is 0 Å². The van der Waals surface area contributed by atoms with Crippen molar-refractivity contribution in [2.75, 3.05) is 0 Å². The third-order valence-electron chi connectivity index (χ3n) is 17.7. The van der Waals surface area contributed by atoms with Gasteiger partial charge in [0.2, 0.25) is 0 Å². The van der Waals surface area contributed by atoms with E-state index in [-0.39, 0.29) is 0 Å². The molecule has 0 saturated carbocycles. The van der Waals surface area contributed by atoms with E-state index in [2.05, 4.69) is 269 Å². The number of fused-ring (bicyclic) bond motifs is 8. The van der Waals surface area contributed by atoms with Gasteiger partial charge in [-0.15, -0.1) is 0 Å². The Morgan fingerprint density at radius 3 is 1.15 bits per heavy atom. The molecule has 8 atom stereocenters. The Kier molecular flexibility index (Phi) is 45.1. The first-order valence-electron chi connectivity index (χ1n) is 39.2. The van der Waals surface area contributed by atoms with Crippen LogP contribution in [0.3, 0.4) is 0 Å². The Hall–Kier alpha value is -8.95. The summed E-state index contributed by atoms with van der Waals surface area (Å²) < 4.78 is 0. The van der Waals surface area contributed by atoms with Gasteiger partial charge in [0.05, 0.1) is 29.2 Å². The van der Waals surface area contributed by atoms with Crippen molar-refractivity contribution in [1.29, 1.82) is 0 Å². The lowest BCUT2D eigenvalue weighted by atomic mass is 9.97. The summed E-state index contributed by atoms with van der Waals surface area (Å²) in [5, 5.41) is 0. The lowest BCUT2D eigenvalue weighted by molar-refractivity contribution is 0.825. The summed E-state index contributed by atoms with van der Waals surface area (Å²) >= 11 is 0. The smallest absolute Gasteiger partial charge is 0.116 e. The van der Waals surface area contributed by atoms with Crippen LogP contribution in [0.15, 0.2) is 155 Å². The number of nitrogens with zero attached hydrogens (tertiary/aromatic N) is 9. The first-order chi connectivity index (χ1) is 50.3. The molecule has 9 heteroatoms. The standard InChI is InChI=1S/C11H12.5C10H11N.2C9H10N2.8C2H6/c1-8-4-3-5-10-7-6-9(2)11(8)10;1-7-3-4-9-6-11-5-8(2)10(7)9;1-7-3-4-9-5-6-11-8(2)10(7)9;1-7-3-4-9-10(7)8(2)5-6-11-9;1-7-4-3-5-9-6-11-8(2)10(7)9;1-7-4-3-5-9-10(7)8(2)6-11-9;1-6-9-7(2)11-5-8(9)3-4-10-6;1-6-3-4-8-9(6)7(2)10-5-11-8;8*1-2/h3-7,9H,1-2H3;3*3-7H,1-2H3;2*3-6,8H,1-2H3;3-5,7H,1-2H3;3-6H,1-2H3;8*1-2H3. The van der Waals surface area contributed by atoms with E-state index in [0.29, 0.717) is 47.6 Å². The van der Waals surface area contributed by atoms with Gasteiger partial charge in [-0.1, -0.05) is 249 Å². The van der Waals surface area contributed by atoms with Gasteiger partial charge in [0.1, 0.15) is 6.33 Å². The molecule has 8 aliphatic rings. The third kappa shape index (κ3) is 25.7. The second kappa shape index (κ2) is 50.4. The van der Waals surface area contributed by atoms with Crippen molar-refractivity contribution in [3.8, 4) is 0 Å². The fourth-order valence-corrected chi connectivity index (χ4v) is 13.2. The fraction of sp³-hybridized carbons (Fsp3) is 0.421. The predicted octanol–water partition coefficient (Wildman–Crippen LogP) is 28.0. The molecule has 3 aromatic carbocycles. The molecule has 0 fully saturated rings. The van der Waals surface area contributed by atoms with Crippen LogP contribution < -0.4 is 0 Å². The summed E-state index contributed by atoms with van der Waals surface area (Å²) in [5.74, 6) is 3.30. The zero-order chi connectivity index (χ0) is 78.8. The summed E-state index contributed by atoms with van der Waals surface area (Å²) in [7, 11) is 0. The minimum absolute atomic E-state index is 0.304. The van der Waals surface area contributed by atoms with Gasteiger partial charge in [-0.25, -0.2) is 9.97 Å². The first-order valence-corrected chi connectivity index (χ1v) is 39.2. The molecule has 8 aromatic rings. The molecular formula is C95H135N9. The zero-order valence-corrected chi connectivity index (χ0v) is 70.5. The molecule has 560 valence electrons. The molecule has 9 nitrogen and oxygen atoms in total. The number of hydrogen-bond acceptors (Lipinski definition) is 9. The van der Waals surface area contributed by atoms with Crippen molar-refractivity contribution in [3.05, 3.63) is 269 Å². The van der Waals surface area contributed by atoms with E-state index in [1.165, 1.54) is 106 Å². The van der Waals surface area contributed by atoms with Crippen LogP contribution in [0.4, 0.5) is 5.69 Å². The van der Waals surface area contributed by atoms with Crippen LogP contribution in [-0.2, 0) is 0 Å². The van der Waals surface area contributed by atoms with Gasteiger partial charge in [-0.3, -0.25) is 34.9 Å². The summed E-state index contributed by atoms with van der Waals surface area (Å²) in [6.07, 6.45) is 38.7. The number of benzene rings is 3. The van der Waals surface area contributed by atoms with E-state index in [1.807, 2.05) is 180 Å². The Morgan fingerprint density at radius 1 is 0.279 bits per heavy atom. The maximum absolute atomic E-state index is 4.34. The van der Waals surface area contributed by atoms with E-state index in [1.54, 1.807) is 6.33 Å². The van der Waals surface area contributed by atoms with E-state index >= 15 is 0 Å². The van der Waals surface area contributed by atoms with E-state index < -0.39 is 0 Å². The molecule has 0 saturated heterocycles. The average Bonchev–Trinajstić information content (AvgIpc) is 1.74. The summed E-state index contributed by atoms with van der Waals surface area (Å²) in [4.78, 5) is 38.2. The molecule has 0 bridgehead atoms. The van der Waals surface area contributed by atoms with Crippen LogP contribution in [0.1, 0.15) is 342 Å². The molecule has 3 aliphatic heterocycles. The van der Waals surface area contributed by atoms with Crippen molar-refractivity contribution in [3.63, 3.8) is 0 Å². The molecule has 8 unspecified atom stereocenters. The number of rotatable bonds is 0. The maximum Gasteiger partial charge on any atom is 0.116 e. The molecular weight excluding hydrogens is 1270 g/mol. The van der Waals surface area contributed by atoms with Crippen LogP contribution >= 0.6 is 0 Å².